The van der Waals surface area contributed by atoms with Crippen LogP contribution in [0.3, 0.4) is 0 Å². The number of carbonyl (C=O) groups excluding carboxylic acids is 2. The van der Waals surface area contributed by atoms with E-state index in [0.29, 0.717) is 31.2 Å². The van der Waals surface area contributed by atoms with Gasteiger partial charge < -0.3 is 14.7 Å². The van der Waals surface area contributed by atoms with Crippen molar-refractivity contribution in [3.63, 3.8) is 0 Å². The molecule has 3 heterocycles. The van der Waals surface area contributed by atoms with Crippen LogP contribution in [-0.4, -0.2) is 71.8 Å². The molecular weight excluding hydrogens is 386 g/mol. The highest BCUT2D eigenvalue weighted by Gasteiger charge is 2.30. The Kier molecular flexibility index (Phi) is 9.24. The largest absolute Gasteiger partial charge is 0.343 e. The average Bonchev–Trinajstić information content (AvgIpc) is 2.79. The molecule has 0 N–H and O–H groups in total. The number of rotatable bonds is 7. The second-order valence-corrected chi connectivity index (χ2v) is 11.0. The second kappa shape index (κ2) is 11.7. The molecule has 0 bridgehead atoms. The number of likely N-dealkylation sites (tertiary alicyclic amines) is 3. The Hall–Kier alpha value is -1.10. The van der Waals surface area contributed by atoms with Gasteiger partial charge in [-0.05, 0) is 81.7 Å². The van der Waals surface area contributed by atoms with Crippen molar-refractivity contribution >= 4 is 11.8 Å². The summed E-state index contributed by atoms with van der Waals surface area (Å²) >= 11 is 0. The Morgan fingerprint density at radius 2 is 1.03 bits per heavy atom. The third-order valence-electron chi connectivity index (χ3n) is 8.47. The van der Waals surface area contributed by atoms with Gasteiger partial charge in [0.15, 0.2) is 0 Å². The summed E-state index contributed by atoms with van der Waals surface area (Å²) in [5, 5.41) is 0. The zero-order chi connectivity index (χ0) is 22.4. The predicted molar refractivity (Wildman–Crippen MR) is 127 cm³/mol. The van der Waals surface area contributed by atoms with E-state index in [-0.39, 0.29) is 11.8 Å². The van der Waals surface area contributed by atoms with Crippen molar-refractivity contribution in [2.75, 3.05) is 39.3 Å². The van der Waals surface area contributed by atoms with Crippen LogP contribution in [0.2, 0.25) is 0 Å². The molecule has 0 aromatic heterocycles. The summed E-state index contributed by atoms with van der Waals surface area (Å²) in [5.74, 6) is 3.67. The van der Waals surface area contributed by atoms with Crippen molar-refractivity contribution in [1.82, 2.24) is 14.7 Å². The van der Waals surface area contributed by atoms with Crippen molar-refractivity contribution < 1.29 is 9.59 Å². The molecule has 0 unspecified atom stereocenters. The lowest BCUT2D eigenvalue weighted by atomic mass is 9.85. The summed E-state index contributed by atoms with van der Waals surface area (Å²) < 4.78 is 0. The van der Waals surface area contributed by atoms with Crippen LogP contribution in [0.15, 0.2) is 0 Å². The van der Waals surface area contributed by atoms with Gasteiger partial charge in [0.25, 0.3) is 0 Å². The Bertz CT molecular complexity index is 567. The van der Waals surface area contributed by atoms with Crippen molar-refractivity contribution in [2.24, 2.45) is 23.7 Å². The number of amides is 2. The fourth-order valence-corrected chi connectivity index (χ4v) is 5.95. The zero-order valence-corrected chi connectivity index (χ0v) is 20.7. The molecule has 2 amide bonds. The number of piperidine rings is 3. The van der Waals surface area contributed by atoms with E-state index < -0.39 is 0 Å². The lowest BCUT2D eigenvalue weighted by molar-refractivity contribution is -0.134. The minimum atomic E-state index is 0.249. The van der Waals surface area contributed by atoms with Crippen LogP contribution in [0.1, 0.15) is 85.5 Å². The maximum absolute atomic E-state index is 12.7. The third kappa shape index (κ3) is 6.94. The van der Waals surface area contributed by atoms with Gasteiger partial charge in [-0.2, -0.15) is 0 Å². The number of nitrogens with zero attached hydrogens (tertiary/aromatic N) is 3. The highest BCUT2D eigenvalue weighted by Crippen LogP contribution is 2.28. The van der Waals surface area contributed by atoms with E-state index in [1.165, 1.54) is 25.9 Å². The van der Waals surface area contributed by atoms with Gasteiger partial charge in [0.1, 0.15) is 0 Å². The Labute approximate surface area is 190 Å². The molecule has 3 rings (SSSR count). The van der Waals surface area contributed by atoms with Crippen molar-refractivity contribution in [1.29, 1.82) is 0 Å². The van der Waals surface area contributed by atoms with Gasteiger partial charge in [-0.25, -0.2) is 0 Å². The second-order valence-electron chi connectivity index (χ2n) is 11.0. The first kappa shape index (κ1) is 24.5. The molecule has 3 aliphatic heterocycles. The molecule has 0 saturated carbocycles. The monoisotopic (exact) mass is 433 g/mol. The molecule has 5 nitrogen and oxygen atoms in total. The molecule has 31 heavy (non-hydrogen) atoms. The molecule has 0 atom stereocenters. The van der Waals surface area contributed by atoms with Crippen LogP contribution in [0.5, 0.6) is 0 Å². The maximum Gasteiger partial charge on any atom is 0.222 e. The molecule has 3 aliphatic rings. The smallest absolute Gasteiger partial charge is 0.222 e. The van der Waals surface area contributed by atoms with Crippen LogP contribution in [0.25, 0.3) is 0 Å². The summed E-state index contributed by atoms with van der Waals surface area (Å²) in [6.07, 6.45) is 8.91. The highest BCUT2D eigenvalue weighted by molar-refractivity contribution is 5.79. The average molecular weight is 434 g/mol. The lowest BCUT2D eigenvalue weighted by Gasteiger charge is -2.42. The van der Waals surface area contributed by atoms with Gasteiger partial charge in [-0.3, -0.25) is 9.59 Å². The minimum Gasteiger partial charge on any atom is -0.343 e. The van der Waals surface area contributed by atoms with Gasteiger partial charge in [0, 0.05) is 45.1 Å². The first-order valence-corrected chi connectivity index (χ1v) is 13.1. The molecular formula is C26H47N3O2. The summed E-state index contributed by atoms with van der Waals surface area (Å²) in [4.78, 5) is 31.9. The molecule has 0 spiro atoms. The van der Waals surface area contributed by atoms with E-state index in [9.17, 15) is 9.59 Å². The Balaban J connectivity index is 1.29. The minimum absolute atomic E-state index is 0.249. The van der Waals surface area contributed by atoms with Crippen LogP contribution >= 0.6 is 0 Å². The summed E-state index contributed by atoms with van der Waals surface area (Å²) in [5.41, 5.74) is 0. The molecule has 178 valence electrons. The van der Waals surface area contributed by atoms with Crippen LogP contribution < -0.4 is 0 Å². The van der Waals surface area contributed by atoms with E-state index in [1.54, 1.807) is 0 Å². The van der Waals surface area contributed by atoms with Gasteiger partial charge in [0.05, 0.1) is 0 Å². The van der Waals surface area contributed by atoms with Crippen molar-refractivity contribution in [2.45, 2.75) is 91.5 Å². The van der Waals surface area contributed by atoms with E-state index in [4.69, 9.17) is 0 Å². The molecule has 0 aliphatic carbocycles. The first-order chi connectivity index (χ1) is 14.8. The normalized spacial score (nSPS) is 23.2. The Morgan fingerprint density at radius 3 is 1.45 bits per heavy atom. The predicted octanol–water partition coefficient (Wildman–Crippen LogP) is 4.41. The first-order valence-electron chi connectivity index (χ1n) is 13.1. The number of hydrogen-bond acceptors (Lipinski definition) is 3. The maximum atomic E-state index is 12.7. The van der Waals surface area contributed by atoms with Gasteiger partial charge in [-0.1, -0.05) is 27.7 Å². The third-order valence-corrected chi connectivity index (χ3v) is 8.47. The molecule has 0 aromatic carbocycles. The van der Waals surface area contributed by atoms with Crippen molar-refractivity contribution in [3.05, 3.63) is 0 Å². The number of carbonyl (C=O) groups is 2. The van der Waals surface area contributed by atoms with Crippen LogP contribution in [-0.2, 0) is 9.59 Å². The molecule has 3 fully saturated rings. The van der Waals surface area contributed by atoms with Gasteiger partial charge in [0.2, 0.25) is 11.8 Å². The fraction of sp³-hybridized carbons (Fsp3) is 0.923. The number of hydrogen-bond donors (Lipinski definition) is 0. The molecule has 3 saturated heterocycles. The lowest BCUT2D eigenvalue weighted by Crippen LogP contribution is -2.49. The van der Waals surface area contributed by atoms with Gasteiger partial charge >= 0.3 is 0 Å². The van der Waals surface area contributed by atoms with Crippen molar-refractivity contribution in [3.8, 4) is 0 Å². The topological polar surface area (TPSA) is 43.9 Å². The van der Waals surface area contributed by atoms with Crippen LogP contribution in [0.4, 0.5) is 0 Å². The zero-order valence-electron chi connectivity index (χ0n) is 20.7. The fourth-order valence-electron chi connectivity index (χ4n) is 5.95. The van der Waals surface area contributed by atoms with E-state index in [2.05, 4.69) is 37.5 Å². The summed E-state index contributed by atoms with van der Waals surface area (Å²) in [6, 6.07) is 0.660. The van der Waals surface area contributed by atoms with E-state index in [1.807, 2.05) is 4.90 Å². The van der Waals surface area contributed by atoms with Gasteiger partial charge in [-0.15, -0.1) is 0 Å². The van der Waals surface area contributed by atoms with Crippen LogP contribution in [0, 0.1) is 23.7 Å². The molecule has 0 aromatic rings. The van der Waals surface area contributed by atoms with E-state index in [0.717, 1.165) is 69.6 Å². The SMILES string of the molecule is CC(C)C1CCN(C(=O)CCCC(=O)N2CCC(N3CCC(C(C)C)CC3)CC2)CC1. The quantitative estimate of drug-likeness (QED) is 0.597. The summed E-state index contributed by atoms with van der Waals surface area (Å²) in [7, 11) is 0. The molecule has 0 radical (unpaired) electrons. The molecule has 5 heteroatoms. The highest BCUT2D eigenvalue weighted by atomic mass is 16.2. The Morgan fingerprint density at radius 1 is 0.645 bits per heavy atom. The summed E-state index contributed by atoms with van der Waals surface area (Å²) in [6.45, 7) is 15.3. The van der Waals surface area contributed by atoms with E-state index >= 15 is 0 Å². The standard InChI is InChI=1S/C26H47N3O2/c1-20(2)22-8-14-27(15-9-22)24-12-18-29(19-13-24)26(31)7-5-6-25(30)28-16-10-23(11-17-28)21(3)4/h20-24H,5-19H2,1-4H3.